The van der Waals surface area contributed by atoms with Crippen molar-refractivity contribution in [3.8, 4) is 23.3 Å². The number of nitrogens with one attached hydrogen (secondary N) is 1. The third kappa shape index (κ3) is 2.68. The Balaban J connectivity index is 2.46. The van der Waals surface area contributed by atoms with Crippen LogP contribution in [0.15, 0.2) is 28.7 Å². The fraction of sp³-hybridized carbons (Fsp3) is 0.286. The van der Waals surface area contributed by atoms with Crippen molar-refractivity contribution in [3.63, 3.8) is 0 Å². The fourth-order valence-corrected chi connectivity index (χ4v) is 1.69. The number of aromatic nitrogens is 1. The number of hydrogen-bond donors (Lipinski definition) is 1. The summed E-state index contributed by atoms with van der Waals surface area (Å²) in [4.78, 5) is 4.19. The number of oxazole rings is 1. The van der Waals surface area contributed by atoms with Crippen LogP contribution in [0.2, 0.25) is 0 Å². The highest BCUT2D eigenvalue weighted by molar-refractivity contribution is 5.65. The molecule has 0 spiro atoms. The van der Waals surface area contributed by atoms with Gasteiger partial charge in [0.15, 0.2) is 0 Å². The Kier molecular flexibility index (Phi) is 3.71. The lowest BCUT2D eigenvalue weighted by Crippen LogP contribution is -2.09. The fourth-order valence-electron chi connectivity index (χ4n) is 1.69. The van der Waals surface area contributed by atoms with Crippen LogP contribution in [0.1, 0.15) is 19.5 Å². The van der Waals surface area contributed by atoms with Crippen LogP contribution < -0.4 is 10.1 Å². The first-order valence-electron chi connectivity index (χ1n) is 5.96. The maximum atomic E-state index is 9.07. The summed E-state index contributed by atoms with van der Waals surface area (Å²) in [5, 5.41) is 12.1. The molecule has 2 rings (SSSR count). The standard InChI is InChI=1S/C14H15N3O2/c1-9(2)16-14-11(8-15)17-13(19-14)10-6-4-5-7-12(10)18-3/h4-7,9,16H,1-3H3. The first-order valence-corrected chi connectivity index (χ1v) is 5.96. The van der Waals surface area contributed by atoms with Gasteiger partial charge in [-0.1, -0.05) is 12.1 Å². The molecule has 0 saturated carbocycles. The molecule has 0 atom stereocenters. The molecule has 0 aliphatic heterocycles. The second-order valence-corrected chi connectivity index (χ2v) is 4.31. The van der Waals surface area contributed by atoms with Crippen molar-refractivity contribution >= 4 is 5.88 Å². The molecular formula is C14H15N3O2. The smallest absolute Gasteiger partial charge is 0.233 e. The molecule has 0 amide bonds. The van der Waals surface area contributed by atoms with E-state index in [0.717, 1.165) is 5.56 Å². The van der Waals surface area contributed by atoms with Gasteiger partial charge in [0.1, 0.15) is 11.8 Å². The molecule has 0 saturated heterocycles. The number of nitrogens with zero attached hydrogens (tertiary/aromatic N) is 2. The molecule has 1 aromatic heterocycles. The van der Waals surface area contributed by atoms with Crippen molar-refractivity contribution in [2.75, 3.05) is 12.4 Å². The molecule has 19 heavy (non-hydrogen) atoms. The van der Waals surface area contributed by atoms with Crippen molar-refractivity contribution in [2.45, 2.75) is 19.9 Å². The van der Waals surface area contributed by atoms with Gasteiger partial charge in [0.25, 0.3) is 0 Å². The molecule has 2 aromatic rings. The van der Waals surface area contributed by atoms with E-state index in [0.29, 0.717) is 17.5 Å². The van der Waals surface area contributed by atoms with Crippen molar-refractivity contribution in [1.29, 1.82) is 5.26 Å². The van der Waals surface area contributed by atoms with Gasteiger partial charge in [-0.05, 0) is 26.0 Å². The lowest BCUT2D eigenvalue weighted by Gasteiger charge is -2.06. The van der Waals surface area contributed by atoms with Crippen LogP contribution in [0.5, 0.6) is 5.75 Å². The second kappa shape index (κ2) is 5.44. The number of nitriles is 1. The summed E-state index contributed by atoms with van der Waals surface area (Å²) < 4.78 is 10.9. The number of rotatable bonds is 4. The Hall–Kier alpha value is -2.48. The molecule has 5 nitrogen and oxygen atoms in total. The van der Waals surface area contributed by atoms with E-state index in [1.807, 2.05) is 44.2 Å². The first kappa shape index (κ1) is 13.0. The molecule has 0 radical (unpaired) electrons. The molecule has 0 unspecified atom stereocenters. The maximum absolute atomic E-state index is 9.07. The van der Waals surface area contributed by atoms with E-state index >= 15 is 0 Å². The molecular weight excluding hydrogens is 242 g/mol. The summed E-state index contributed by atoms with van der Waals surface area (Å²) in [6, 6.07) is 9.57. The number of benzene rings is 1. The van der Waals surface area contributed by atoms with Gasteiger partial charge in [-0.25, -0.2) is 0 Å². The Morgan fingerprint density at radius 3 is 2.74 bits per heavy atom. The summed E-state index contributed by atoms with van der Waals surface area (Å²) in [6.07, 6.45) is 0. The Labute approximate surface area is 111 Å². The molecule has 1 N–H and O–H groups in total. The van der Waals surface area contributed by atoms with Gasteiger partial charge in [0.05, 0.1) is 12.7 Å². The third-order valence-corrected chi connectivity index (χ3v) is 2.49. The van der Waals surface area contributed by atoms with Gasteiger partial charge >= 0.3 is 0 Å². The summed E-state index contributed by atoms with van der Waals surface area (Å²) in [7, 11) is 1.58. The molecule has 0 aliphatic rings. The number of hydrogen-bond acceptors (Lipinski definition) is 5. The minimum Gasteiger partial charge on any atom is -0.496 e. The molecule has 0 aliphatic carbocycles. The number of ether oxygens (including phenoxy) is 1. The molecule has 0 fully saturated rings. The zero-order valence-corrected chi connectivity index (χ0v) is 11.1. The Morgan fingerprint density at radius 2 is 2.11 bits per heavy atom. The largest absolute Gasteiger partial charge is 0.496 e. The van der Waals surface area contributed by atoms with Crippen molar-refractivity contribution in [3.05, 3.63) is 30.0 Å². The van der Waals surface area contributed by atoms with Crippen LogP contribution in [0.4, 0.5) is 5.88 Å². The van der Waals surface area contributed by atoms with Crippen LogP contribution in [-0.4, -0.2) is 18.1 Å². The molecule has 1 aromatic carbocycles. The number of anilines is 1. The topological polar surface area (TPSA) is 71.1 Å². The van der Waals surface area contributed by atoms with E-state index < -0.39 is 0 Å². The van der Waals surface area contributed by atoms with E-state index in [2.05, 4.69) is 10.3 Å². The van der Waals surface area contributed by atoms with Crippen LogP contribution in [-0.2, 0) is 0 Å². The van der Waals surface area contributed by atoms with E-state index in [1.165, 1.54) is 0 Å². The van der Waals surface area contributed by atoms with Crippen LogP contribution in [0.25, 0.3) is 11.5 Å². The normalized spacial score (nSPS) is 10.3. The predicted molar refractivity (Wildman–Crippen MR) is 72.0 cm³/mol. The maximum Gasteiger partial charge on any atom is 0.233 e. The van der Waals surface area contributed by atoms with Crippen LogP contribution >= 0.6 is 0 Å². The van der Waals surface area contributed by atoms with Crippen molar-refractivity contribution in [1.82, 2.24) is 4.98 Å². The minimum absolute atomic E-state index is 0.158. The van der Waals surface area contributed by atoms with Gasteiger partial charge in [-0.2, -0.15) is 10.2 Å². The van der Waals surface area contributed by atoms with E-state index in [1.54, 1.807) is 7.11 Å². The highest BCUT2D eigenvalue weighted by atomic mass is 16.5. The molecule has 0 bridgehead atoms. The average Bonchev–Trinajstić information content (AvgIpc) is 2.80. The molecule has 98 valence electrons. The highest BCUT2D eigenvalue weighted by Gasteiger charge is 2.17. The molecule has 1 heterocycles. The van der Waals surface area contributed by atoms with Gasteiger partial charge in [0, 0.05) is 6.04 Å². The Bertz CT molecular complexity index is 611. The monoisotopic (exact) mass is 257 g/mol. The summed E-state index contributed by atoms with van der Waals surface area (Å²) in [5.41, 5.74) is 0.966. The molecule has 5 heteroatoms. The quantitative estimate of drug-likeness (QED) is 0.911. The highest BCUT2D eigenvalue weighted by Crippen LogP contribution is 2.32. The second-order valence-electron chi connectivity index (χ2n) is 4.31. The third-order valence-electron chi connectivity index (χ3n) is 2.49. The summed E-state index contributed by atoms with van der Waals surface area (Å²) in [6.45, 7) is 3.93. The van der Waals surface area contributed by atoms with Gasteiger partial charge in [-0.3, -0.25) is 0 Å². The summed E-state index contributed by atoms with van der Waals surface area (Å²) in [5.74, 6) is 1.42. The number of para-hydroxylation sites is 1. The van der Waals surface area contributed by atoms with Crippen molar-refractivity contribution in [2.24, 2.45) is 0 Å². The lowest BCUT2D eigenvalue weighted by atomic mass is 10.2. The SMILES string of the molecule is COc1ccccc1-c1nc(C#N)c(NC(C)C)o1. The van der Waals surface area contributed by atoms with Gasteiger partial charge in [-0.15, -0.1) is 0 Å². The zero-order chi connectivity index (χ0) is 13.8. The summed E-state index contributed by atoms with van der Waals surface area (Å²) >= 11 is 0. The zero-order valence-electron chi connectivity index (χ0n) is 11.1. The van der Waals surface area contributed by atoms with E-state index in [4.69, 9.17) is 14.4 Å². The van der Waals surface area contributed by atoms with E-state index in [9.17, 15) is 0 Å². The minimum atomic E-state index is 0.158. The Morgan fingerprint density at radius 1 is 1.37 bits per heavy atom. The van der Waals surface area contributed by atoms with E-state index in [-0.39, 0.29) is 11.7 Å². The van der Waals surface area contributed by atoms with Crippen LogP contribution in [0, 0.1) is 11.3 Å². The van der Waals surface area contributed by atoms with Gasteiger partial charge in [0.2, 0.25) is 17.5 Å². The van der Waals surface area contributed by atoms with Crippen LogP contribution in [0.3, 0.4) is 0 Å². The first-order chi connectivity index (χ1) is 9.15. The lowest BCUT2D eigenvalue weighted by molar-refractivity contribution is 0.414. The van der Waals surface area contributed by atoms with Gasteiger partial charge < -0.3 is 14.5 Å². The van der Waals surface area contributed by atoms with Crippen molar-refractivity contribution < 1.29 is 9.15 Å². The predicted octanol–water partition coefficient (Wildman–Crippen LogP) is 3.04. The average molecular weight is 257 g/mol. The number of methoxy groups -OCH3 is 1.